The molecule has 8 heteroatoms. The number of hydrogen-bond acceptors (Lipinski definition) is 5. The van der Waals surface area contributed by atoms with Crippen LogP contribution in [0.4, 0.5) is 21.5 Å². The molecule has 3 rings (SSSR count). The molecule has 0 bridgehead atoms. The number of pyridine rings is 1. The van der Waals surface area contributed by atoms with Crippen molar-refractivity contribution in [1.29, 1.82) is 0 Å². The van der Waals surface area contributed by atoms with Crippen LogP contribution in [0.5, 0.6) is 0 Å². The van der Waals surface area contributed by atoms with Gasteiger partial charge in [-0.25, -0.2) is 14.4 Å². The van der Waals surface area contributed by atoms with Crippen LogP contribution in [0, 0.1) is 5.82 Å². The Morgan fingerprint density at radius 2 is 1.80 bits per heavy atom. The van der Waals surface area contributed by atoms with Gasteiger partial charge in [0.2, 0.25) is 0 Å². The van der Waals surface area contributed by atoms with Gasteiger partial charge in [0.25, 0.3) is 5.91 Å². The second-order valence-electron chi connectivity index (χ2n) is 5.20. The summed E-state index contributed by atoms with van der Waals surface area (Å²) >= 11 is 5.84. The van der Waals surface area contributed by atoms with Crippen molar-refractivity contribution >= 4 is 34.6 Å². The molecular formula is C17H13ClFN5O. The summed E-state index contributed by atoms with van der Waals surface area (Å²) in [5.41, 5.74) is 1.74. The number of hydrogen-bond donors (Lipinski definition) is 1. The second-order valence-corrected chi connectivity index (χ2v) is 5.64. The third-order valence-corrected chi connectivity index (χ3v) is 3.64. The first-order valence-electron chi connectivity index (χ1n) is 7.24. The van der Waals surface area contributed by atoms with Gasteiger partial charge in [0.05, 0.1) is 35.0 Å². The molecule has 0 aliphatic rings. The second kappa shape index (κ2) is 7.23. The molecule has 1 amide bonds. The van der Waals surface area contributed by atoms with Crippen molar-refractivity contribution in [2.45, 2.75) is 0 Å². The Hall–Kier alpha value is -3.06. The minimum absolute atomic E-state index is 0.165. The van der Waals surface area contributed by atoms with E-state index in [1.807, 2.05) is 0 Å². The zero-order chi connectivity index (χ0) is 17.8. The fourth-order valence-electron chi connectivity index (χ4n) is 2.20. The standard InChI is InChI=1S/C17H13ClFN5O/c1-24(16-8-21-10-22-9-16)15-3-11(2-13(19)5-15)17(25)23-14-4-12(18)6-20-7-14/h2-10H,1H3,(H,23,25). The van der Waals surface area contributed by atoms with Crippen LogP contribution in [0.2, 0.25) is 5.02 Å². The van der Waals surface area contributed by atoms with Gasteiger partial charge in [-0.05, 0) is 24.3 Å². The lowest BCUT2D eigenvalue weighted by molar-refractivity contribution is 0.102. The number of anilines is 3. The SMILES string of the molecule is CN(c1cncnc1)c1cc(F)cc(C(=O)Nc2cncc(Cl)c2)c1. The van der Waals surface area contributed by atoms with E-state index in [1.165, 1.54) is 24.8 Å². The maximum atomic E-state index is 14.0. The summed E-state index contributed by atoms with van der Waals surface area (Å²) in [6.07, 6.45) is 7.50. The zero-order valence-corrected chi connectivity index (χ0v) is 13.9. The Bertz CT molecular complexity index is 907. The number of carbonyl (C=O) groups excluding carboxylic acids is 1. The fraction of sp³-hybridized carbons (Fsp3) is 0.0588. The van der Waals surface area contributed by atoms with Crippen molar-refractivity contribution < 1.29 is 9.18 Å². The highest BCUT2D eigenvalue weighted by molar-refractivity contribution is 6.30. The van der Waals surface area contributed by atoms with E-state index in [1.54, 1.807) is 36.5 Å². The normalized spacial score (nSPS) is 10.4. The van der Waals surface area contributed by atoms with Crippen LogP contribution >= 0.6 is 11.6 Å². The van der Waals surface area contributed by atoms with E-state index in [4.69, 9.17) is 11.6 Å². The number of benzene rings is 1. The molecule has 0 atom stereocenters. The molecule has 2 heterocycles. The van der Waals surface area contributed by atoms with Crippen molar-refractivity contribution in [1.82, 2.24) is 15.0 Å². The summed E-state index contributed by atoms with van der Waals surface area (Å²) in [6.45, 7) is 0. The van der Waals surface area contributed by atoms with E-state index < -0.39 is 11.7 Å². The molecule has 25 heavy (non-hydrogen) atoms. The first kappa shape index (κ1) is 16.8. The Morgan fingerprint density at radius 3 is 2.52 bits per heavy atom. The monoisotopic (exact) mass is 357 g/mol. The van der Waals surface area contributed by atoms with Crippen LogP contribution in [0.1, 0.15) is 10.4 Å². The topological polar surface area (TPSA) is 71.0 Å². The molecule has 3 aromatic rings. The van der Waals surface area contributed by atoms with Gasteiger partial charge >= 0.3 is 0 Å². The van der Waals surface area contributed by atoms with Gasteiger partial charge < -0.3 is 10.2 Å². The Balaban J connectivity index is 1.87. The summed E-state index contributed by atoms with van der Waals surface area (Å²) in [5, 5.41) is 3.03. The Labute approximate surface area is 148 Å². The Kier molecular flexibility index (Phi) is 4.85. The minimum atomic E-state index is -0.532. The molecular weight excluding hydrogens is 345 g/mol. The van der Waals surface area contributed by atoms with E-state index in [-0.39, 0.29) is 5.56 Å². The molecule has 2 aromatic heterocycles. The number of rotatable bonds is 4. The third-order valence-electron chi connectivity index (χ3n) is 3.43. The average Bonchev–Trinajstić information content (AvgIpc) is 2.61. The number of halogens is 2. The van der Waals surface area contributed by atoms with Crippen molar-refractivity contribution in [2.24, 2.45) is 0 Å². The van der Waals surface area contributed by atoms with Gasteiger partial charge in [0, 0.05) is 24.5 Å². The molecule has 0 spiro atoms. The highest BCUT2D eigenvalue weighted by Crippen LogP contribution is 2.25. The van der Waals surface area contributed by atoms with Crippen LogP contribution in [0.3, 0.4) is 0 Å². The number of aromatic nitrogens is 3. The maximum Gasteiger partial charge on any atom is 0.255 e. The zero-order valence-electron chi connectivity index (χ0n) is 13.1. The van der Waals surface area contributed by atoms with E-state index in [2.05, 4.69) is 20.3 Å². The summed E-state index contributed by atoms with van der Waals surface area (Å²) < 4.78 is 14.0. The molecule has 0 aliphatic carbocycles. The van der Waals surface area contributed by atoms with Gasteiger partial charge in [-0.2, -0.15) is 0 Å². The van der Waals surface area contributed by atoms with Gasteiger partial charge in [-0.1, -0.05) is 11.6 Å². The highest BCUT2D eigenvalue weighted by Gasteiger charge is 2.13. The molecule has 1 aromatic carbocycles. The number of carbonyl (C=O) groups is 1. The molecule has 0 unspecified atom stereocenters. The summed E-state index contributed by atoms with van der Waals surface area (Å²) in [5.74, 6) is -1.00. The van der Waals surface area contributed by atoms with Gasteiger partial charge in [0.1, 0.15) is 12.1 Å². The lowest BCUT2D eigenvalue weighted by Crippen LogP contribution is -2.15. The molecule has 0 saturated heterocycles. The lowest BCUT2D eigenvalue weighted by Gasteiger charge is -2.19. The number of nitrogens with one attached hydrogen (secondary N) is 1. The molecule has 0 radical (unpaired) electrons. The van der Waals surface area contributed by atoms with Gasteiger partial charge in [-0.15, -0.1) is 0 Å². The van der Waals surface area contributed by atoms with Crippen molar-refractivity contribution in [3.63, 3.8) is 0 Å². The van der Waals surface area contributed by atoms with Crippen molar-refractivity contribution in [3.8, 4) is 0 Å². The Morgan fingerprint density at radius 1 is 1.04 bits per heavy atom. The predicted octanol–water partition coefficient (Wildman–Crippen LogP) is 3.68. The highest BCUT2D eigenvalue weighted by atomic mass is 35.5. The van der Waals surface area contributed by atoms with Crippen LogP contribution < -0.4 is 10.2 Å². The molecule has 0 fully saturated rings. The molecule has 0 saturated carbocycles. The largest absolute Gasteiger partial charge is 0.342 e. The van der Waals surface area contributed by atoms with Gasteiger partial charge in [0.15, 0.2) is 0 Å². The number of amides is 1. The molecule has 6 nitrogen and oxygen atoms in total. The first-order chi connectivity index (χ1) is 12.0. The average molecular weight is 358 g/mol. The predicted molar refractivity (Wildman–Crippen MR) is 93.7 cm³/mol. The maximum absolute atomic E-state index is 14.0. The van der Waals surface area contributed by atoms with E-state index in [9.17, 15) is 9.18 Å². The molecule has 1 N–H and O–H groups in total. The van der Waals surface area contributed by atoms with Crippen LogP contribution in [0.15, 0.2) is 55.4 Å². The summed E-state index contributed by atoms with van der Waals surface area (Å²) in [7, 11) is 1.73. The van der Waals surface area contributed by atoms with Crippen LogP contribution in [0.25, 0.3) is 0 Å². The number of nitrogens with zero attached hydrogens (tertiary/aromatic N) is 4. The third kappa shape index (κ3) is 4.07. The van der Waals surface area contributed by atoms with Crippen molar-refractivity contribution in [2.75, 3.05) is 17.3 Å². The fourth-order valence-corrected chi connectivity index (χ4v) is 2.37. The van der Waals surface area contributed by atoms with E-state index in [0.29, 0.717) is 22.1 Å². The summed E-state index contributed by atoms with van der Waals surface area (Å²) in [4.78, 5) is 25.8. The summed E-state index contributed by atoms with van der Waals surface area (Å²) in [6, 6.07) is 5.61. The first-order valence-corrected chi connectivity index (χ1v) is 7.62. The van der Waals surface area contributed by atoms with Gasteiger partial charge in [-0.3, -0.25) is 9.78 Å². The smallest absolute Gasteiger partial charge is 0.255 e. The van der Waals surface area contributed by atoms with Crippen LogP contribution in [-0.2, 0) is 0 Å². The lowest BCUT2D eigenvalue weighted by atomic mass is 10.1. The van der Waals surface area contributed by atoms with E-state index in [0.717, 1.165) is 6.07 Å². The van der Waals surface area contributed by atoms with E-state index >= 15 is 0 Å². The minimum Gasteiger partial charge on any atom is -0.342 e. The van der Waals surface area contributed by atoms with Crippen molar-refractivity contribution in [3.05, 3.63) is 71.8 Å². The quantitative estimate of drug-likeness (QED) is 0.771. The molecule has 0 aliphatic heterocycles. The molecule has 126 valence electrons. The van der Waals surface area contributed by atoms with Crippen LogP contribution in [-0.4, -0.2) is 27.9 Å².